The molecule has 1 aromatic heterocycles. The molecule has 0 N–H and O–H groups in total. The molecule has 4 aromatic rings. The molecule has 45 heavy (non-hydrogen) atoms. The monoisotopic (exact) mass is 852 g/mol. The van der Waals surface area contributed by atoms with Crippen LogP contribution in [0.3, 0.4) is 0 Å². The average Bonchev–Trinajstić information content (AvgIpc) is 3.30. The van der Waals surface area contributed by atoms with E-state index >= 15 is 0 Å². The zero-order valence-electron chi connectivity index (χ0n) is 24.4. The molecular formula is C33H27FI2N2O6S. The first-order chi connectivity index (χ1) is 21.6. The van der Waals surface area contributed by atoms with E-state index in [2.05, 4.69) is 50.2 Å². The highest BCUT2D eigenvalue weighted by Gasteiger charge is 2.33. The lowest BCUT2D eigenvalue weighted by molar-refractivity contribution is -0.139. The van der Waals surface area contributed by atoms with E-state index in [4.69, 9.17) is 14.2 Å². The molecule has 1 aliphatic heterocycles. The van der Waals surface area contributed by atoms with Gasteiger partial charge >= 0.3 is 11.9 Å². The van der Waals surface area contributed by atoms with Gasteiger partial charge in [0.25, 0.3) is 5.56 Å². The summed E-state index contributed by atoms with van der Waals surface area (Å²) >= 11 is 5.61. The predicted octanol–water partition coefficient (Wildman–Crippen LogP) is 5.90. The molecule has 3 aromatic carbocycles. The van der Waals surface area contributed by atoms with Crippen molar-refractivity contribution in [3.8, 4) is 5.75 Å². The van der Waals surface area contributed by atoms with Gasteiger partial charge in [-0.3, -0.25) is 9.36 Å². The molecule has 5 rings (SSSR count). The summed E-state index contributed by atoms with van der Waals surface area (Å²) in [6.45, 7) is 5.85. The fourth-order valence-electron chi connectivity index (χ4n) is 4.84. The second-order valence-corrected chi connectivity index (χ2v) is 13.3. The van der Waals surface area contributed by atoms with Crippen molar-refractivity contribution < 1.29 is 28.2 Å². The van der Waals surface area contributed by atoms with Gasteiger partial charge in [0.2, 0.25) is 0 Å². The smallest absolute Gasteiger partial charge is 0.338 e. The van der Waals surface area contributed by atoms with Crippen LogP contribution in [-0.4, -0.2) is 29.7 Å². The van der Waals surface area contributed by atoms with E-state index in [0.29, 0.717) is 44.1 Å². The Morgan fingerprint density at radius 1 is 1.00 bits per heavy atom. The van der Waals surface area contributed by atoms with Crippen molar-refractivity contribution in [2.24, 2.45) is 4.99 Å². The van der Waals surface area contributed by atoms with Gasteiger partial charge in [-0.1, -0.05) is 35.6 Å². The number of carbonyl (C=O) groups is 2. The highest BCUT2D eigenvalue weighted by atomic mass is 127. The van der Waals surface area contributed by atoms with E-state index in [0.717, 1.165) is 12.7 Å². The highest BCUT2D eigenvalue weighted by molar-refractivity contribution is 14.1. The van der Waals surface area contributed by atoms with E-state index in [1.807, 2.05) is 24.3 Å². The zero-order chi connectivity index (χ0) is 32.2. The molecule has 12 heteroatoms. The molecule has 0 spiro atoms. The van der Waals surface area contributed by atoms with E-state index in [1.54, 1.807) is 51.1 Å². The minimum Gasteiger partial charge on any atom is -0.487 e. The summed E-state index contributed by atoms with van der Waals surface area (Å²) in [6, 6.07) is 15.8. The van der Waals surface area contributed by atoms with Gasteiger partial charge in [0, 0.05) is 9.13 Å². The largest absolute Gasteiger partial charge is 0.487 e. The van der Waals surface area contributed by atoms with Gasteiger partial charge in [-0.25, -0.2) is 19.0 Å². The van der Waals surface area contributed by atoms with Gasteiger partial charge in [0.05, 0.1) is 44.2 Å². The van der Waals surface area contributed by atoms with Crippen molar-refractivity contribution in [3.05, 3.63) is 127 Å². The number of hydrogen-bond donors (Lipinski definition) is 0. The van der Waals surface area contributed by atoms with Crippen LogP contribution in [0.4, 0.5) is 4.39 Å². The molecule has 0 amide bonds. The lowest BCUT2D eigenvalue weighted by Gasteiger charge is -2.24. The Morgan fingerprint density at radius 3 is 2.33 bits per heavy atom. The lowest BCUT2D eigenvalue weighted by atomic mass is 9.96. The SMILES string of the molecule is CCOC(=O)C1=C(C)N=c2s/c(=C\c3cc(I)cc(I)c3OCc3ccc(C(=O)OCC)cc3)c(=O)n2[C@@H]1c1ccc(F)cc1. The number of allylic oxidation sites excluding steroid dienone is 1. The number of benzene rings is 3. The number of hydrogen-bond acceptors (Lipinski definition) is 8. The first-order valence-corrected chi connectivity index (χ1v) is 16.9. The summed E-state index contributed by atoms with van der Waals surface area (Å²) in [5.74, 6) is -0.803. The van der Waals surface area contributed by atoms with Crippen molar-refractivity contribution in [3.63, 3.8) is 0 Å². The molecule has 0 unspecified atom stereocenters. The molecule has 1 aliphatic rings. The maximum Gasteiger partial charge on any atom is 0.338 e. The van der Waals surface area contributed by atoms with Crippen molar-refractivity contribution in [2.45, 2.75) is 33.4 Å². The normalized spacial score (nSPS) is 14.5. The van der Waals surface area contributed by atoms with Crippen LogP contribution < -0.4 is 19.6 Å². The number of aromatic nitrogens is 1. The Morgan fingerprint density at radius 2 is 1.67 bits per heavy atom. The van der Waals surface area contributed by atoms with Crippen molar-refractivity contribution in [2.75, 3.05) is 13.2 Å². The molecule has 8 nitrogen and oxygen atoms in total. The Balaban J connectivity index is 1.56. The van der Waals surface area contributed by atoms with Crippen LogP contribution in [0.25, 0.3) is 6.08 Å². The van der Waals surface area contributed by atoms with Gasteiger partial charge in [-0.15, -0.1) is 0 Å². The second kappa shape index (κ2) is 14.4. The van der Waals surface area contributed by atoms with Crippen LogP contribution >= 0.6 is 56.5 Å². The standard InChI is InChI=1S/C33H27FI2N2O6S/c1-4-42-31(40)21-8-6-19(7-9-21)17-44-29-22(14-24(35)16-25(29)36)15-26-30(39)38-28(20-10-12-23(34)13-11-20)27(32(41)43-5-2)18(3)37-33(38)45-26/h6-16,28H,4-5,17H2,1-3H3/b26-15-/t28-/m1/s1. The van der Waals surface area contributed by atoms with Crippen LogP contribution in [0.2, 0.25) is 0 Å². The predicted molar refractivity (Wildman–Crippen MR) is 185 cm³/mol. The Hall–Kier alpha value is -3.37. The molecule has 0 saturated heterocycles. The molecule has 0 fully saturated rings. The van der Waals surface area contributed by atoms with Crippen LogP contribution in [0.1, 0.15) is 53.9 Å². The van der Waals surface area contributed by atoms with E-state index in [1.165, 1.54) is 28.0 Å². The first kappa shape index (κ1) is 33.0. The maximum absolute atomic E-state index is 14.0. The number of rotatable bonds is 9. The summed E-state index contributed by atoms with van der Waals surface area (Å²) in [7, 11) is 0. The summed E-state index contributed by atoms with van der Waals surface area (Å²) in [4.78, 5) is 44.2. The van der Waals surface area contributed by atoms with Gasteiger partial charge in [-0.05, 0) is 120 Å². The average molecular weight is 852 g/mol. The van der Waals surface area contributed by atoms with Gasteiger partial charge < -0.3 is 14.2 Å². The molecule has 2 heterocycles. The quantitative estimate of drug-likeness (QED) is 0.154. The van der Waals surface area contributed by atoms with Crippen LogP contribution in [0.5, 0.6) is 5.75 Å². The summed E-state index contributed by atoms with van der Waals surface area (Å²) in [5, 5.41) is 0. The summed E-state index contributed by atoms with van der Waals surface area (Å²) in [6.07, 6.45) is 1.76. The first-order valence-electron chi connectivity index (χ1n) is 13.9. The van der Waals surface area contributed by atoms with E-state index in [9.17, 15) is 18.8 Å². The van der Waals surface area contributed by atoms with E-state index in [-0.39, 0.29) is 30.3 Å². The van der Waals surface area contributed by atoms with E-state index < -0.39 is 17.8 Å². The fraction of sp³-hybridized carbons (Fsp3) is 0.212. The number of fused-ring (bicyclic) bond motifs is 1. The summed E-state index contributed by atoms with van der Waals surface area (Å²) in [5.41, 5.74) is 2.87. The van der Waals surface area contributed by atoms with Gasteiger partial charge in [-0.2, -0.15) is 0 Å². The third-order valence-corrected chi connectivity index (χ3v) is 9.28. The number of thiazole rings is 1. The molecule has 0 saturated carbocycles. The van der Waals surface area contributed by atoms with Crippen LogP contribution in [0.15, 0.2) is 81.7 Å². The number of halogens is 3. The second-order valence-electron chi connectivity index (χ2n) is 9.87. The van der Waals surface area contributed by atoms with Gasteiger partial charge in [0.15, 0.2) is 4.80 Å². The third kappa shape index (κ3) is 7.22. The van der Waals surface area contributed by atoms with Crippen LogP contribution in [-0.2, 0) is 20.9 Å². The number of ether oxygens (including phenoxy) is 3. The Kier molecular flexibility index (Phi) is 10.5. The maximum atomic E-state index is 14.0. The van der Waals surface area contributed by atoms with Gasteiger partial charge in [0.1, 0.15) is 18.2 Å². The van der Waals surface area contributed by atoms with Crippen molar-refractivity contribution >= 4 is 74.5 Å². The highest BCUT2D eigenvalue weighted by Crippen LogP contribution is 2.32. The molecule has 1 atom stereocenters. The molecule has 0 radical (unpaired) electrons. The minimum atomic E-state index is -0.840. The molecule has 232 valence electrons. The fourth-order valence-corrected chi connectivity index (χ4v) is 7.92. The summed E-state index contributed by atoms with van der Waals surface area (Å²) < 4.78 is 34.2. The molecular weight excluding hydrogens is 825 g/mol. The lowest BCUT2D eigenvalue weighted by Crippen LogP contribution is -2.39. The number of nitrogens with zero attached hydrogens (tertiary/aromatic N) is 2. The van der Waals surface area contributed by atoms with Crippen LogP contribution in [0, 0.1) is 13.0 Å². The van der Waals surface area contributed by atoms with Crippen molar-refractivity contribution in [1.82, 2.24) is 4.57 Å². The Bertz CT molecular complexity index is 1990. The minimum absolute atomic E-state index is 0.153. The molecule has 0 bridgehead atoms. The number of esters is 2. The third-order valence-electron chi connectivity index (χ3n) is 6.87. The number of carbonyl (C=O) groups excluding carboxylic acids is 2. The zero-order valence-corrected chi connectivity index (χ0v) is 29.6. The molecule has 0 aliphatic carbocycles. The topological polar surface area (TPSA) is 96.2 Å². The Labute approximate surface area is 289 Å². The van der Waals surface area contributed by atoms with Crippen molar-refractivity contribution in [1.29, 1.82) is 0 Å².